The van der Waals surface area contributed by atoms with Gasteiger partial charge in [0.05, 0.1) is 12.1 Å². The average Bonchev–Trinajstić information content (AvgIpc) is 3.16. The molecule has 5 nitrogen and oxygen atoms in total. The summed E-state index contributed by atoms with van der Waals surface area (Å²) in [4.78, 5) is 28.3. The smallest absolute Gasteiger partial charge is 0.312 e. The summed E-state index contributed by atoms with van der Waals surface area (Å²) < 4.78 is 17.9. The molecule has 0 saturated heterocycles. The van der Waals surface area contributed by atoms with Crippen molar-refractivity contribution >= 4 is 28.9 Å². The Morgan fingerprint density at radius 2 is 1.79 bits per heavy atom. The first kappa shape index (κ1) is 20.7. The molecule has 0 bridgehead atoms. The second-order valence-corrected chi connectivity index (χ2v) is 7.67. The summed E-state index contributed by atoms with van der Waals surface area (Å²) in [6.45, 7) is 3.87. The second-order valence-electron chi connectivity index (χ2n) is 6.81. The van der Waals surface area contributed by atoms with Gasteiger partial charge in [-0.3, -0.25) is 9.59 Å². The third kappa shape index (κ3) is 5.96. The van der Waals surface area contributed by atoms with Crippen molar-refractivity contribution < 1.29 is 18.7 Å². The summed E-state index contributed by atoms with van der Waals surface area (Å²) in [6, 6.07) is 13.5. The van der Waals surface area contributed by atoms with Crippen molar-refractivity contribution in [3.05, 3.63) is 71.0 Å². The molecule has 0 aliphatic carbocycles. The van der Waals surface area contributed by atoms with Crippen LogP contribution in [-0.2, 0) is 20.7 Å². The average molecular weight is 412 g/mol. The topological polar surface area (TPSA) is 68.3 Å². The molecule has 7 heteroatoms. The summed E-state index contributed by atoms with van der Waals surface area (Å²) in [5, 5.41) is 5.17. The molecule has 1 aromatic heterocycles. The van der Waals surface area contributed by atoms with Gasteiger partial charge < -0.3 is 10.1 Å². The maximum atomic E-state index is 12.9. The van der Waals surface area contributed by atoms with Crippen LogP contribution in [0.25, 0.3) is 10.6 Å². The molecule has 0 fully saturated rings. The molecule has 1 heterocycles. The second kappa shape index (κ2) is 9.43. The van der Waals surface area contributed by atoms with E-state index >= 15 is 0 Å². The number of thiazole rings is 1. The minimum Gasteiger partial charge on any atom is -0.455 e. The van der Waals surface area contributed by atoms with Gasteiger partial charge in [-0.15, -0.1) is 11.3 Å². The van der Waals surface area contributed by atoms with E-state index in [1.807, 2.05) is 17.5 Å². The molecule has 0 aliphatic rings. The Balaban J connectivity index is 1.49. The lowest BCUT2D eigenvalue weighted by molar-refractivity contribution is -0.146. The van der Waals surface area contributed by atoms with Crippen molar-refractivity contribution in [1.82, 2.24) is 4.98 Å². The van der Waals surface area contributed by atoms with Gasteiger partial charge in [0.25, 0.3) is 5.91 Å². The summed E-state index contributed by atoms with van der Waals surface area (Å²) in [5.74, 6) is -0.959. The Labute approximate surface area is 172 Å². The quantitative estimate of drug-likeness (QED) is 0.566. The highest BCUT2D eigenvalue weighted by molar-refractivity contribution is 7.13. The van der Waals surface area contributed by atoms with Gasteiger partial charge in [0.1, 0.15) is 10.8 Å². The lowest BCUT2D eigenvalue weighted by Gasteiger charge is -2.06. The largest absolute Gasteiger partial charge is 0.455 e. The number of halogens is 1. The van der Waals surface area contributed by atoms with E-state index < -0.39 is 24.3 Å². The number of amides is 1. The van der Waals surface area contributed by atoms with Crippen molar-refractivity contribution in [2.45, 2.75) is 26.2 Å². The number of hydrogen-bond acceptors (Lipinski definition) is 5. The van der Waals surface area contributed by atoms with Crippen LogP contribution in [0.5, 0.6) is 0 Å². The van der Waals surface area contributed by atoms with Gasteiger partial charge in [0.2, 0.25) is 0 Å². The number of aromatic nitrogens is 1. The summed E-state index contributed by atoms with van der Waals surface area (Å²) in [5.41, 5.74) is 3.28. The molecule has 0 radical (unpaired) electrons. The van der Waals surface area contributed by atoms with E-state index in [-0.39, 0.29) is 6.42 Å². The van der Waals surface area contributed by atoms with Crippen LogP contribution in [0.2, 0.25) is 0 Å². The molecular weight excluding hydrogens is 391 g/mol. The first-order valence-electron chi connectivity index (χ1n) is 9.16. The lowest BCUT2D eigenvalue weighted by Crippen LogP contribution is -2.21. The Hall–Kier alpha value is -3.06. The van der Waals surface area contributed by atoms with E-state index in [1.54, 1.807) is 0 Å². The summed E-state index contributed by atoms with van der Waals surface area (Å²) in [7, 11) is 0. The standard InChI is InChI=1S/C22H21FN2O3S/c1-14(2)15-3-5-16(6-4-15)22-25-19(13-29-22)11-21(27)28-12-20(26)24-18-9-7-17(23)8-10-18/h3-10,13-14H,11-12H2,1-2H3,(H,24,26). The summed E-state index contributed by atoms with van der Waals surface area (Å²) in [6.07, 6.45) is -0.00952. The number of benzene rings is 2. The van der Waals surface area contributed by atoms with Crippen LogP contribution in [0.1, 0.15) is 31.0 Å². The van der Waals surface area contributed by atoms with E-state index in [0.29, 0.717) is 17.3 Å². The first-order chi connectivity index (χ1) is 13.9. The number of anilines is 1. The van der Waals surface area contributed by atoms with Crippen LogP contribution < -0.4 is 5.32 Å². The number of carbonyl (C=O) groups is 2. The highest BCUT2D eigenvalue weighted by Gasteiger charge is 2.12. The zero-order valence-electron chi connectivity index (χ0n) is 16.1. The maximum Gasteiger partial charge on any atom is 0.312 e. The van der Waals surface area contributed by atoms with Crippen LogP contribution in [-0.4, -0.2) is 23.5 Å². The number of hydrogen-bond donors (Lipinski definition) is 1. The molecule has 2 aromatic carbocycles. The molecule has 0 aliphatic heterocycles. The molecule has 1 amide bonds. The van der Waals surface area contributed by atoms with Crippen LogP contribution in [0, 0.1) is 5.82 Å². The maximum absolute atomic E-state index is 12.9. The third-order valence-electron chi connectivity index (χ3n) is 4.19. The molecular formula is C22H21FN2O3S. The number of ether oxygens (including phenoxy) is 1. The van der Waals surface area contributed by atoms with Crippen LogP contribution >= 0.6 is 11.3 Å². The van der Waals surface area contributed by atoms with Gasteiger partial charge in [-0.1, -0.05) is 38.1 Å². The molecule has 29 heavy (non-hydrogen) atoms. The van der Waals surface area contributed by atoms with E-state index in [2.05, 4.69) is 36.3 Å². The molecule has 150 valence electrons. The zero-order chi connectivity index (χ0) is 20.8. The number of esters is 1. The molecule has 1 N–H and O–H groups in total. The van der Waals surface area contributed by atoms with Gasteiger partial charge in [-0.25, -0.2) is 9.37 Å². The highest BCUT2D eigenvalue weighted by atomic mass is 32.1. The van der Waals surface area contributed by atoms with Crippen molar-refractivity contribution in [2.75, 3.05) is 11.9 Å². The third-order valence-corrected chi connectivity index (χ3v) is 5.13. The highest BCUT2D eigenvalue weighted by Crippen LogP contribution is 2.26. The monoisotopic (exact) mass is 412 g/mol. The minimum atomic E-state index is -0.536. The summed E-state index contributed by atoms with van der Waals surface area (Å²) >= 11 is 1.46. The fourth-order valence-corrected chi connectivity index (χ4v) is 3.43. The molecule has 3 aromatic rings. The van der Waals surface area contributed by atoms with E-state index in [9.17, 15) is 14.0 Å². The van der Waals surface area contributed by atoms with Crippen LogP contribution in [0.3, 0.4) is 0 Å². The number of nitrogens with zero attached hydrogens (tertiary/aromatic N) is 1. The van der Waals surface area contributed by atoms with E-state index in [1.165, 1.54) is 41.2 Å². The molecule has 0 saturated carbocycles. The SMILES string of the molecule is CC(C)c1ccc(-c2nc(CC(=O)OCC(=O)Nc3ccc(F)cc3)cs2)cc1. The molecule has 0 atom stereocenters. The van der Waals surface area contributed by atoms with Gasteiger partial charge in [-0.05, 0) is 35.7 Å². The Morgan fingerprint density at radius 1 is 1.10 bits per heavy atom. The predicted octanol–water partition coefficient (Wildman–Crippen LogP) is 4.80. The minimum absolute atomic E-state index is 0.00952. The van der Waals surface area contributed by atoms with Crippen molar-refractivity contribution in [2.24, 2.45) is 0 Å². The fourth-order valence-electron chi connectivity index (χ4n) is 2.61. The molecule has 0 spiro atoms. The molecule has 0 unspecified atom stereocenters. The van der Waals surface area contributed by atoms with Gasteiger partial charge in [-0.2, -0.15) is 0 Å². The van der Waals surface area contributed by atoms with Gasteiger partial charge in [0.15, 0.2) is 6.61 Å². The van der Waals surface area contributed by atoms with Crippen molar-refractivity contribution in [3.8, 4) is 10.6 Å². The lowest BCUT2D eigenvalue weighted by atomic mass is 10.0. The Bertz CT molecular complexity index is 982. The normalized spacial score (nSPS) is 10.8. The number of carbonyl (C=O) groups excluding carboxylic acids is 2. The number of nitrogens with one attached hydrogen (secondary N) is 1. The van der Waals surface area contributed by atoms with Gasteiger partial charge in [0, 0.05) is 16.6 Å². The Kier molecular flexibility index (Phi) is 6.72. The Morgan fingerprint density at radius 3 is 2.45 bits per heavy atom. The predicted molar refractivity (Wildman–Crippen MR) is 111 cm³/mol. The van der Waals surface area contributed by atoms with Crippen molar-refractivity contribution in [3.63, 3.8) is 0 Å². The van der Waals surface area contributed by atoms with Crippen LogP contribution in [0.4, 0.5) is 10.1 Å². The van der Waals surface area contributed by atoms with Gasteiger partial charge >= 0.3 is 5.97 Å². The zero-order valence-corrected chi connectivity index (χ0v) is 17.0. The number of rotatable bonds is 7. The van der Waals surface area contributed by atoms with Crippen LogP contribution in [0.15, 0.2) is 53.9 Å². The van der Waals surface area contributed by atoms with Crippen molar-refractivity contribution in [1.29, 1.82) is 0 Å². The fraction of sp³-hybridized carbons (Fsp3) is 0.227. The first-order valence-corrected chi connectivity index (χ1v) is 10.0. The molecule has 3 rings (SSSR count). The van der Waals surface area contributed by atoms with E-state index in [0.717, 1.165) is 10.6 Å². The van der Waals surface area contributed by atoms with E-state index in [4.69, 9.17) is 4.74 Å².